The molecule has 2 heterocycles. The first-order valence-corrected chi connectivity index (χ1v) is 8.22. The quantitative estimate of drug-likeness (QED) is 0.725. The molecule has 0 aliphatic heterocycles. The van der Waals surface area contributed by atoms with Crippen LogP contribution in [0.1, 0.15) is 23.4 Å². The molecule has 0 unspecified atom stereocenters. The lowest BCUT2D eigenvalue weighted by atomic mass is 10.1. The smallest absolute Gasteiger partial charge is 0.0758 e. The number of pyridine rings is 1. The van der Waals surface area contributed by atoms with Crippen LogP contribution in [0.4, 0.5) is 0 Å². The lowest BCUT2D eigenvalue weighted by Crippen LogP contribution is -2.17. The standard InChI is InChI=1S/C16H15BrN2S/c1-11(15-5-3-9-20-15)19-10-12-6-7-14(17)13-4-2-8-18-16(12)13/h2-9,11,19H,10H2,1H3/t11-/m0/s1. The molecule has 0 saturated heterocycles. The van der Waals surface area contributed by atoms with Crippen LogP contribution in [0.15, 0.2) is 52.4 Å². The van der Waals surface area contributed by atoms with E-state index >= 15 is 0 Å². The van der Waals surface area contributed by atoms with Gasteiger partial charge in [0.05, 0.1) is 5.52 Å². The summed E-state index contributed by atoms with van der Waals surface area (Å²) in [7, 11) is 0. The first-order chi connectivity index (χ1) is 9.75. The maximum absolute atomic E-state index is 4.52. The molecule has 2 nitrogen and oxygen atoms in total. The number of benzene rings is 1. The number of thiophene rings is 1. The number of rotatable bonds is 4. The summed E-state index contributed by atoms with van der Waals surface area (Å²) in [5, 5.41) is 6.85. The molecule has 102 valence electrons. The summed E-state index contributed by atoms with van der Waals surface area (Å²) in [6, 6.07) is 12.9. The average Bonchev–Trinajstić information content (AvgIpc) is 3.01. The van der Waals surface area contributed by atoms with E-state index in [1.54, 1.807) is 11.3 Å². The van der Waals surface area contributed by atoms with Crippen molar-refractivity contribution in [1.29, 1.82) is 0 Å². The number of aromatic nitrogens is 1. The van der Waals surface area contributed by atoms with Crippen LogP contribution in [0.3, 0.4) is 0 Å². The lowest BCUT2D eigenvalue weighted by molar-refractivity contribution is 0.584. The van der Waals surface area contributed by atoms with Crippen molar-refractivity contribution in [3.8, 4) is 0 Å². The van der Waals surface area contributed by atoms with Gasteiger partial charge >= 0.3 is 0 Å². The summed E-state index contributed by atoms with van der Waals surface area (Å²) in [5.41, 5.74) is 2.29. The van der Waals surface area contributed by atoms with Crippen molar-refractivity contribution >= 4 is 38.2 Å². The van der Waals surface area contributed by atoms with Gasteiger partial charge in [0.2, 0.25) is 0 Å². The molecular weight excluding hydrogens is 332 g/mol. The Kier molecular flexibility index (Phi) is 4.15. The van der Waals surface area contributed by atoms with Crippen LogP contribution in [0.2, 0.25) is 0 Å². The fourth-order valence-electron chi connectivity index (χ4n) is 2.24. The van der Waals surface area contributed by atoms with Crippen LogP contribution in [0.25, 0.3) is 10.9 Å². The zero-order valence-electron chi connectivity index (χ0n) is 11.1. The highest BCUT2D eigenvalue weighted by atomic mass is 79.9. The molecule has 0 aliphatic carbocycles. The Balaban J connectivity index is 1.83. The van der Waals surface area contributed by atoms with Crippen molar-refractivity contribution in [3.05, 3.63) is 62.9 Å². The van der Waals surface area contributed by atoms with Gasteiger partial charge in [-0.3, -0.25) is 4.98 Å². The number of fused-ring (bicyclic) bond motifs is 1. The normalized spacial score (nSPS) is 12.7. The second kappa shape index (κ2) is 6.04. The molecule has 1 N–H and O–H groups in total. The summed E-state index contributed by atoms with van der Waals surface area (Å²) in [6.45, 7) is 3.01. The van der Waals surface area contributed by atoms with Crippen molar-refractivity contribution in [2.24, 2.45) is 0 Å². The monoisotopic (exact) mass is 346 g/mol. The van der Waals surface area contributed by atoms with Crippen LogP contribution in [-0.2, 0) is 6.54 Å². The zero-order chi connectivity index (χ0) is 13.9. The second-order valence-corrected chi connectivity index (χ2v) is 6.56. The lowest BCUT2D eigenvalue weighted by Gasteiger charge is -2.13. The molecule has 4 heteroatoms. The molecule has 0 aliphatic rings. The zero-order valence-corrected chi connectivity index (χ0v) is 13.5. The Morgan fingerprint density at radius 2 is 2.15 bits per heavy atom. The molecule has 20 heavy (non-hydrogen) atoms. The van der Waals surface area contributed by atoms with Crippen molar-refractivity contribution in [3.63, 3.8) is 0 Å². The summed E-state index contributed by atoms with van der Waals surface area (Å²) >= 11 is 5.37. The summed E-state index contributed by atoms with van der Waals surface area (Å²) in [4.78, 5) is 5.88. The summed E-state index contributed by atoms with van der Waals surface area (Å²) < 4.78 is 1.09. The molecular formula is C16H15BrN2S. The summed E-state index contributed by atoms with van der Waals surface area (Å²) in [6.07, 6.45) is 1.85. The molecule has 0 fully saturated rings. The van der Waals surface area contributed by atoms with Gasteiger partial charge in [0.15, 0.2) is 0 Å². The van der Waals surface area contributed by atoms with Crippen LogP contribution in [-0.4, -0.2) is 4.98 Å². The number of hydrogen-bond donors (Lipinski definition) is 1. The van der Waals surface area contributed by atoms with E-state index in [4.69, 9.17) is 0 Å². The number of hydrogen-bond acceptors (Lipinski definition) is 3. The fraction of sp³-hybridized carbons (Fsp3) is 0.188. The number of halogens is 1. The molecule has 1 aromatic carbocycles. The molecule has 2 aromatic heterocycles. The van der Waals surface area contributed by atoms with Crippen molar-refractivity contribution in [2.45, 2.75) is 19.5 Å². The predicted octanol–water partition coefficient (Wildman–Crippen LogP) is 4.91. The number of nitrogens with zero attached hydrogens (tertiary/aromatic N) is 1. The largest absolute Gasteiger partial charge is 0.305 e. The van der Waals surface area contributed by atoms with Gasteiger partial charge in [-0.25, -0.2) is 0 Å². The van der Waals surface area contributed by atoms with Crippen LogP contribution < -0.4 is 5.32 Å². The Morgan fingerprint density at radius 1 is 1.25 bits per heavy atom. The topological polar surface area (TPSA) is 24.9 Å². The van der Waals surface area contributed by atoms with Crippen molar-refractivity contribution in [1.82, 2.24) is 10.3 Å². The van der Waals surface area contributed by atoms with Gasteiger partial charge in [-0.15, -0.1) is 11.3 Å². The van der Waals surface area contributed by atoms with Gasteiger partial charge in [0, 0.05) is 33.5 Å². The van der Waals surface area contributed by atoms with Crippen molar-refractivity contribution < 1.29 is 0 Å². The molecule has 3 aromatic rings. The van der Waals surface area contributed by atoms with E-state index in [9.17, 15) is 0 Å². The first kappa shape index (κ1) is 13.7. The SMILES string of the molecule is C[C@H](NCc1ccc(Br)c2cccnc12)c1cccs1. The van der Waals surface area contributed by atoms with Crippen LogP contribution in [0.5, 0.6) is 0 Å². The fourth-order valence-corrected chi connectivity index (χ4v) is 3.45. The van der Waals surface area contributed by atoms with E-state index in [0.29, 0.717) is 6.04 Å². The van der Waals surface area contributed by atoms with Gasteiger partial charge in [0.25, 0.3) is 0 Å². The molecule has 0 saturated carbocycles. The van der Waals surface area contributed by atoms with E-state index < -0.39 is 0 Å². The Labute approximate surface area is 131 Å². The molecule has 1 atom stereocenters. The van der Waals surface area contributed by atoms with E-state index in [-0.39, 0.29) is 0 Å². The molecule has 0 bridgehead atoms. The third kappa shape index (κ3) is 2.77. The van der Waals surface area contributed by atoms with Gasteiger partial charge < -0.3 is 5.32 Å². The Hall–Kier alpha value is -1.23. The highest BCUT2D eigenvalue weighted by Gasteiger charge is 2.09. The third-order valence-electron chi connectivity index (χ3n) is 3.37. The maximum Gasteiger partial charge on any atom is 0.0758 e. The highest BCUT2D eigenvalue weighted by molar-refractivity contribution is 9.10. The van der Waals surface area contributed by atoms with Gasteiger partial charge in [-0.2, -0.15) is 0 Å². The molecule has 0 spiro atoms. The Morgan fingerprint density at radius 3 is 2.95 bits per heavy atom. The summed E-state index contributed by atoms with van der Waals surface area (Å²) in [5.74, 6) is 0. The van der Waals surface area contributed by atoms with Gasteiger partial charge in [-0.1, -0.05) is 34.1 Å². The minimum atomic E-state index is 0.359. The van der Waals surface area contributed by atoms with E-state index in [0.717, 1.165) is 21.9 Å². The minimum Gasteiger partial charge on any atom is -0.305 e. The van der Waals surface area contributed by atoms with E-state index in [2.05, 4.69) is 68.9 Å². The Bertz CT molecular complexity index is 710. The van der Waals surface area contributed by atoms with E-state index in [1.165, 1.54) is 10.4 Å². The molecule has 0 radical (unpaired) electrons. The average molecular weight is 347 g/mol. The van der Waals surface area contributed by atoms with Crippen LogP contribution in [0, 0.1) is 0 Å². The van der Waals surface area contributed by atoms with Crippen molar-refractivity contribution in [2.75, 3.05) is 0 Å². The minimum absolute atomic E-state index is 0.359. The predicted molar refractivity (Wildman–Crippen MR) is 89.0 cm³/mol. The second-order valence-electron chi connectivity index (χ2n) is 4.72. The maximum atomic E-state index is 4.52. The van der Waals surface area contributed by atoms with Gasteiger partial charge in [-0.05, 0) is 36.1 Å². The molecule has 0 amide bonds. The third-order valence-corrected chi connectivity index (χ3v) is 5.12. The van der Waals surface area contributed by atoms with Crippen LogP contribution >= 0.6 is 27.3 Å². The van der Waals surface area contributed by atoms with E-state index in [1.807, 2.05) is 12.3 Å². The highest BCUT2D eigenvalue weighted by Crippen LogP contribution is 2.26. The first-order valence-electron chi connectivity index (χ1n) is 6.54. The number of nitrogens with one attached hydrogen (secondary N) is 1. The molecule has 3 rings (SSSR count). The van der Waals surface area contributed by atoms with Gasteiger partial charge in [0.1, 0.15) is 0 Å².